The number of amides is 1. The van der Waals surface area contributed by atoms with Crippen LogP contribution in [-0.4, -0.2) is 46.2 Å². The molecule has 3 N–H and O–H groups in total. The van der Waals surface area contributed by atoms with Crippen molar-refractivity contribution in [3.05, 3.63) is 24.3 Å². The molecule has 1 aromatic rings. The number of sulfone groups is 1. The fraction of sp³-hybridized carbons (Fsp3) is 0.533. The van der Waals surface area contributed by atoms with Gasteiger partial charge in [0.15, 0.2) is 9.84 Å². The van der Waals surface area contributed by atoms with E-state index in [1.807, 2.05) is 0 Å². The van der Waals surface area contributed by atoms with Gasteiger partial charge in [-0.3, -0.25) is 4.79 Å². The first-order valence-electron chi connectivity index (χ1n) is 7.41. The molecule has 0 unspecified atom stereocenters. The Morgan fingerprint density at radius 2 is 1.88 bits per heavy atom. The number of carbonyl (C=O) groups is 1. The van der Waals surface area contributed by atoms with Gasteiger partial charge in [-0.2, -0.15) is 0 Å². The Kier molecular flexibility index (Phi) is 7.56. The van der Waals surface area contributed by atoms with Crippen LogP contribution in [0.25, 0.3) is 0 Å². The second-order valence-corrected chi connectivity index (χ2v) is 7.40. The number of hydrogen-bond donors (Lipinski definition) is 2. The van der Waals surface area contributed by atoms with Crippen molar-refractivity contribution >= 4 is 15.7 Å². The molecule has 136 valence electrons. The highest BCUT2D eigenvalue weighted by atomic mass is 32.2. The molecule has 0 spiro atoms. The molecule has 0 aliphatic carbocycles. The van der Waals surface area contributed by atoms with E-state index >= 15 is 0 Å². The highest BCUT2D eigenvalue weighted by Gasteiger charge is 2.26. The summed E-state index contributed by atoms with van der Waals surface area (Å²) in [5.74, 6) is -3.02. The summed E-state index contributed by atoms with van der Waals surface area (Å²) in [5.41, 5.74) is 4.87. The Hall–Kier alpha value is -1.74. The van der Waals surface area contributed by atoms with Gasteiger partial charge in [0.1, 0.15) is 5.75 Å². The van der Waals surface area contributed by atoms with Crippen LogP contribution >= 0.6 is 0 Å². The Balaban J connectivity index is 2.21. The van der Waals surface area contributed by atoms with E-state index in [2.05, 4.69) is 5.32 Å². The highest BCUT2D eigenvalue weighted by molar-refractivity contribution is 7.90. The molecule has 0 aliphatic rings. The van der Waals surface area contributed by atoms with Gasteiger partial charge < -0.3 is 15.8 Å². The van der Waals surface area contributed by atoms with Gasteiger partial charge in [-0.15, -0.1) is 0 Å². The Bertz CT molecular complexity index is 633. The first-order valence-corrected chi connectivity index (χ1v) is 9.31. The molecule has 1 aromatic carbocycles. The van der Waals surface area contributed by atoms with Crippen molar-refractivity contribution in [3.63, 3.8) is 0 Å². The third-order valence-corrected chi connectivity index (χ3v) is 4.29. The topological polar surface area (TPSA) is 98.5 Å². The van der Waals surface area contributed by atoms with E-state index in [0.29, 0.717) is 25.2 Å². The van der Waals surface area contributed by atoms with Crippen molar-refractivity contribution in [1.29, 1.82) is 0 Å². The summed E-state index contributed by atoms with van der Waals surface area (Å²) in [4.78, 5) is 11.6. The normalized spacial score (nSPS) is 12.0. The average molecular weight is 364 g/mol. The van der Waals surface area contributed by atoms with Gasteiger partial charge in [0.05, 0.1) is 24.6 Å². The number of hydrogen-bond acceptors (Lipinski definition) is 5. The van der Waals surface area contributed by atoms with E-state index in [0.717, 1.165) is 6.26 Å². The number of ether oxygens (including phenoxy) is 1. The number of carbonyl (C=O) groups excluding carboxylic acids is 1. The van der Waals surface area contributed by atoms with Gasteiger partial charge in [-0.1, -0.05) is 0 Å². The Labute approximate surface area is 140 Å². The van der Waals surface area contributed by atoms with Gasteiger partial charge >= 0.3 is 0 Å². The van der Waals surface area contributed by atoms with Crippen molar-refractivity contribution in [2.75, 3.05) is 26.0 Å². The van der Waals surface area contributed by atoms with E-state index in [1.54, 1.807) is 12.1 Å². The second kappa shape index (κ2) is 8.93. The zero-order valence-corrected chi connectivity index (χ0v) is 14.2. The standard InChI is InChI=1S/C15H22F2N2O4S/c1-24(21,22)13-7-5-12(6-8-13)23-9-3-2-4-14(20)19-11-15(16,17)10-18/h5-8H,2-4,9-11,18H2,1H3,(H,19,20). The van der Waals surface area contributed by atoms with Gasteiger partial charge in [0.2, 0.25) is 5.91 Å². The summed E-state index contributed by atoms with van der Waals surface area (Å²) in [6.07, 6.45) is 2.30. The van der Waals surface area contributed by atoms with Crippen LogP contribution in [0.3, 0.4) is 0 Å². The van der Waals surface area contributed by atoms with E-state index in [-0.39, 0.29) is 11.3 Å². The summed E-state index contributed by atoms with van der Waals surface area (Å²) >= 11 is 0. The molecular weight excluding hydrogens is 342 g/mol. The summed E-state index contributed by atoms with van der Waals surface area (Å²) in [7, 11) is -3.24. The third-order valence-electron chi connectivity index (χ3n) is 3.16. The van der Waals surface area contributed by atoms with Gasteiger partial charge in [0, 0.05) is 12.7 Å². The van der Waals surface area contributed by atoms with Crippen molar-refractivity contribution in [2.24, 2.45) is 5.73 Å². The number of rotatable bonds is 10. The fourth-order valence-electron chi connectivity index (χ4n) is 1.75. The first-order chi connectivity index (χ1) is 11.1. The molecule has 24 heavy (non-hydrogen) atoms. The molecule has 6 nitrogen and oxygen atoms in total. The van der Waals surface area contributed by atoms with Crippen LogP contribution in [0.15, 0.2) is 29.2 Å². The number of benzene rings is 1. The smallest absolute Gasteiger partial charge is 0.277 e. The molecule has 0 heterocycles. The number of halogens is 2. The van der Waals surface area contributed by atoms with Crippen LogP contribution in [0.5, 0.6) is 5.75 Å². The van der Waals surface area contributed by atoms with E-state index < -0.39 is 34.8 Å². The lowest BCUT2D eigenvalue weighted by Crippen LogP contribution is -2.41. The third kappa shape index (κ3) is 7.69. The molecular formula is C15H22F2N2O4S. The van der Waals surface area contributed by atoms with Gasteiger partial charge in [-0.25, -0.2) is 17.2 Å². The van der Waals surface area contributed by atoms with Crippen LogP contribution in [0, 0.1) is 0 Å². The van der Waals surface area contributed by atoms with Crippen molar-refractivity contribution < 1.29 is 26.7 Å². The molecule has 0 aliphatic heterocycles. The number of alkyl halides is 2. The lowest BCUT2D eigenvalue weighted by Gasteiger charge is -2.14. The number of nitrogens with one attached hydrogen (secondary N) is 1. The van der Waals surface area contributed by atoms with Gasteiger partial charge in [0.25, 0.3) is 5.92 Å². The summed E-state index contributed by atoms with van der Waals surface area (Å²) in [6, 6.07) is 6.02. The zero-order chi connectivity index (χ0) is 18.2. The van der Waals surface area contributed by atoms with Crippen molar-refractivity contribution in [1.82, 2.24) is 5.32 Å². The molecule has 9 heteroatoms. The molecule has 1 amide bonds. The highest BCUT2D eigenvalue weighted by Crippen LogP contribution is 2.16. The molecule has 0 aromatic heterocycles. The monoisotopic (exact) mass is 364 g/mol. The van der Waals surface area contributed by atoms with Crippen LogP contribution in [0.1, 0.15) is 19.3 Å². The van der Waals surface area contributed by atoms with Crippen LogP contribution in [-0.2, 0) is 14.6 Å². The first kappa shape index (κ1) is 20.3. The predicted octanol–water partition coefficient (Wildman–Crippen LogP) is 1.35. The van der Waals surface area contributed by atoms with E-state index in [9.17, 15) is 22.0 Å². The molecule has 1 rings (SSSR count). The molecule has 0 fully saturated rings. The van der Waals surface area contributed by atoms with Gasteiger partial charge in [-0.05, 0) is 37.1 Å². The maximum atomic E-state index is 12.8. The maximum absolute atomic E-state index is 12.8. The van der Waals surface area contributed by atoms with Crippen molar-refractivity contribution in [3.8, 4) is 5.75 Å². The Morgan fingerprint density at radius 1 is 1.25 bits per heavy atom. The SMILES string of the molecule is CS(=O)(=O)c1ccc(OCCCCC(=O)NCC(F)(F)CN)cc1. The quantitative estimate of drug-likeness (QED) is 0.611. The van der Waals surface area contributed by atoms with Crippen LogP contribution in [0.2, 0.25) is 0 Å². The number of unbranched alkanes of at least 4 members (excludes halogenated alkanes) is 1. The minimum Gasteiger partial charge on any atom is -0.494 e. The summed E-state index contributed by atoms with van der Waals surface area (Å²) in [6.45, 7) is -1.23. The van der Waals surface area contributed by atoms with Crippen LogP contribution in [0.4, 0.5) is 8.78 Å². The fourth-order valence-corrected chi connectivity index (χ4v) is 2.38. The average Bonchev–Trinajstić information content (AvgIpc) is 2.52. The molecule has 0 saturated heterocycles. The largest absolute Gasteiger partial charge is 0.494 e. The summed E-state index contributed by atoms with van der Waals surface area (Å²) < 4.78 is 53.7. The number of nitrogens with two attached hydrogens (primary N) is 1. The predicted molar refractivity (Wildman–Crippen MR) is 85.9 cm³/mol. The van der Waals surface area contributed by atoms with Crippen LogP contribution < -0.4 is 15.8 Å². The zero-order valence-electron chi connectivity index (χ0n) is 13.4. The van der Waals surface area contributed by atoms with Crippen molar-refractivity contribution in [2.45, 2.75) is 30.1 Å². The van der Waals surface area contributed by atoms with E-state index in [1.165, 1.54) is 12.1 Å². The molecule has 0 bridgehead atoms. The molecule has 0 radical (unpaired) electrons. The molecule has 0 atom stereocenters. The Morgan fingerprint density at radius 3 is 2.42 bits per heavy atom. The lowest BCUT2D eigenvalue weighted by molar-refractivity contribution is -0.123. The second-order valence-electron chi connectivity index (χ2n) is 5.39. The lowest BCUT2D eigenvalue weighted by atomic mass is 10.2. The van der Waals surface area contributed by atoms with E-state index in [4.69, 9.17) is 10.5 Å². The minimum absolute atomic E-state index is 0.122. The molecule has 0 saturated carbocycles. The summed E-state index contributed by atoms with van der Waals surface area (Å²) in [5, 5.41) is 2.14. The maximum Gasteiger partial charge on any atom is 0.277 e. The minimum atomic E-state index is -3.24.